The van der Waals surface area contributed by atoms with E-state index in [0.717, 1.165) is 80.7 Å². The van der Waals surface area contributed by atoms with Crippen LogP contribution in [0.4, 0.5) is 22.0 Å². The molecule has 1 saturated carbocycles. The number of imidazole rings is 1. The molecule has 8 aromatic rings. The van der Waals surface area contributed by atoms with Gasteiger partial charge in [0, 0.05) is 95.6 Å². The Kier molecular flexibility index (Phi) is 15.2. The average Bonchev–Trinajstić information content (AvgIpc) is 3.40. The zero-order valence-corrected chi connectivity index (χ0v) is 47.7. The molecule has 6 amide bonds. The number of fused-ring (bicyclic) bond motifs is 4. The number of piperidine rings is 2. The molecule has 85 heavy (non-hydrogen) atoms. The van der Waals surface area contributed by atoms with Gasteiger partial charge < -0.3 is 38.3 Å². The molecule has 2 unspecified atom stereocenters. The maximum atomic E-state index is 13.4. The number of benzene rings is 3. The number of carbonyl (C=O) groups is 6. The van der Waals surface area contributed by atoms with Gasteiger partial charge in [-0.3, -0.25) is 53.3 Å². The lowest BCUT2D eigenvalue weighted by molar-refractivity contribution is -0.137. The van der Waals surface area contributed by atoms with Gasteiger partial charge >= 0.3 is 17.6 Å². The number of carbonyl (C=O) groups excluding carboxylic acids is 6. The Morgan fingerprint density at radius 1 is 0.718 bits per heavy atom. The minimum atomic E-state index is -0.786. The van der Waals surface area contributed by atoms with Crippen molar-refractivity contribution in [3.63, 3.8) is 0 Å². The molecular formula is C59H66N14O12. The summed E-state index contributed by atoms with van der Waals surface area (Å²) in [7, 11) is 1.55. The van der Waals surface area contributed by atoms with Crippen molar-refractivity contribution in [1.82, 2.24) is 53.9 Å². The van der Waals surface area contributed by atoms with Gasteiger partial charge in [0.1, 0.15) is 23.4 Å². The Labute approximate surface area is 485 Å². The van der Waals surface area contributed by atoms with Gasteiger partial charge in [-0.15, -0.1) is 0 Å². The van der Waals surface area contributed by atoms with Gasteiger partial charge in [-0.2, -0.15) is 14.7 Å². The second-order valence-electron chi connectivity index (χ2n) is 23.2. The van der Waals surface area contributed by atoms with Gasteiger partial charge in [0.15, 0.2) is 22.6 Å². The second-order valence-corrected chi connectivity index (χ2v) is 23.2. The molecule has 1 aliphatic carbocycles. The molecule has 5 aromatic heterocycles. The Hall–Kier alpha value is -9.33. The van der Waals surface area contributed by atoms with Crippen LogP contribution in [0, 0.1) is 5.92 Å². The monoisotopic (exact) mass is 1160 g/mol. The van der Waals surface area contributed by atoms with Crippen LogP contribution in [0.25, 0.3) is 38.7 Å². The highest BCUT2D eigenvalue weighted by Crippen LogP contribution is 2.37. The molecule has 4 aliphatic heterocycles. The standard InChI is InChI=1S/C38H40N10O6.C21H26N4O6/c1-53-31-19-27-24(18-26(31)36(50)41-33-20-39-32-6-3-13-40-48(32)33)22-46(43-27)25-9-7-23(8-10-25)21-44-14-16-45(17-15-44)28-4-2-5-29-35(28)54-38(52)47(29)30-11-12-34(49)42-37(30)51;1-21(2,3)31-19(28)24-11-9-23(10-12-24)13-5-4-6-14-17(13)30-20(29)25(14)15-7-8-16(26)22-18(15)27/h2-6,13,18-20,22-23,25,30H,7-12,14-17,21H2,1H3,(H,41,50)(H,42,49,51);4-6,15H,7-12H2,1-3H3,(H,22,26,27). The van der Waals surface area contributed by atoms with Crippen LogP contribution in [0.15, 0.2) is 97.7 Å². The SMILES string of the molecule is CC(C)(C)OC(=O)N1CCN(c2cccc3c2oc(=O)n3C2CCC(=O)NC2=O)CC1.COc1cc2nn(C3CCC(CN4CCN(c5cccc6c5oc(=O)n6C5CCC(=O)NC5=O)CC4)CC3)cc2cc1C(=O)Nc1cnc2cccnn12. The van der Waals surface area contributed by atoms with E-state index in [1.165, 1.54) is 9.13 Å². The summed E-state index contributed by atoms with van der Waals surface area (Å²) < 4.78 is 28.7. The van der Waals surface area contributed by atoms with E-state index in [2.05, 4.69) is 40.5 Å². The normalized spacial score (nSPS) is 20.8. The molecule has 2 atom stereocenters. The molecule has 26 heteroatoms. The zero-order valence-electron chi connectivity index (χ0n) is 47.7. The molecule has 444 valence electrons. The number of rotatable bonds is 10. The molecule has 4 saturated heterocycles. The van der Waals surface area contributed by atoms with Crippen LogP contribution in [-0.2, 0) is 23.9 Å². The molecule has 13 rings (SSSR count). The first-order valence-electron chi connectivity index (χ1n) is 28.8. The fourth-order valence-corrected chi connectivity index (χ4v) is 12.3. The summed E-state index contributed by atoms with van der Waals surface area (Å²) in [5, 5.41) is 17.6. The smallest absolute Gasteiger partial charge is 0.420 e. The summed E-state index contributed by atoms with van der Waals surface area (Å²) in [4.78, 5) is 112. The largest absolute Gasteiger partial charge is 0.496 e. The number of nitrogens with one attached hydrogen (secondary N) is 3. The highest BCUT2D eigenvalue weighted by atomic mass is 16.6. The summed E-state index contributed by atoms with van der Waals surface area (Å²) in [6.07, 6.45) is 10.0. The minimum absolute atomic E-state index is 0.168. The fraction of sp³-hybridized carbons (Fsp3) is 0.441. The maximum Gasteiger partial charge on any atom is 0.420 e. The van der Waals surface area contributed by atoms with E-state index in [1.807, 2.05) is 68.3 Å². The van der Waals surface area contributed by atoms with Crippen LogP contribution in [0.2, 0.25) is 0 Å². The summed E-state index contributed by atoms with van der Waals surface area (Å²) in [5.74, 6) is -1.68. The zero-order chi connectivity index (χ0) is 59.3. The number of methoxy groups -OCH3 is 1. The number of nitrogens with zero attached hydrogens (tertiary/aromatic N) is 11. The van der Waals surface area contributed by atoms with Crippen molar-refractivity contribution in [3.8, 4) is 5.75 Å². The number of amides is 6. The molecule has 0 radical (unpaired) electrons. The van der Waals surface area contributed by atoms with E-state index in [0.29, 0.717) is 77.1 Å². The van der Waals surface area contributed by atoms with Crippen molar-refractivity contribution in [1.29, 1.82) is 0 Å². The van der Waals surface area contributed by atoms with E-state index in [1.54, 1.807) is 53.2 Å². The number of aromatic nitrogens is 7. The van der Waals surface area contributed by atoms with E-state index in [9.17, 15) is 38.4 Å². The van der Waals surface area contributed by atoms with Gasteiger partial charge in [0.2, 0.25) is 23.6 Å². The van der Waals surface area contributed by atoms with Crippen molar-refractivity contribution in [2.24, 2.45) is 5.92 Å². The number of oxazole rings is 2. The van der Waals surface area contributed by atoms with E-state index >= 15 is 0 Å². The summed E-state index contributed by atoms with van der Waals surface area (Å²) >= 11 is 0. The number of piperazine rings is 2. The van der Waals surface area contributed by atoms with Gasteiger partial charge in [0.05, 0.1) is 52.8 Å². The lowest BCUT2D eigenvalue weighted by Gasteiger charge is -2.39. The summed E-state index contributed by atoms with van der Waals surface area (Å²) in [6, 6.07) is 17.0. The van der Waals surface area contributed by atoms with Gasteiger partial charge in [0.25, 0.3) is 5.91 Å². The number of ether oxygens (including phenoxy) is 2. The topological polar surface area (TPSA) is 288 Å². The Balaban J connectivity index is 0.000000194. The molecule has 3 aromatic carbocycles. The van der Waals surface area contributed by atoms with Crippen LogP contribution in [0.5, 0.6) is 5.75 Å². The lowest BCUT2D eigenvalue weighted by atomic mass is 9.85. The third-order valence-corrected chi connectivity index (χ3v) is 16.6. The van der Waals surface area contributed by atoms with Crippen LogP contribution in [0.1, 0.15) is 101 Å². The highest BCUT2D eigenvalue weighted by Gasteiger charge is 2.36. The summed E-state index contributed by atoms with van der Waals surface area (Å²) in [5.41, 5.74) is 4.78. The number of hydrogen-bond donors (Lipinski definition) is 3. The van der Waals surface area contributed by atoms with Crippen LogP contribution < -0.4 is 42.0 Å². The van der Waals surface area contributed by atoms with Gasteiger partial charge in [-0.1, -0.05) is 12.1 Å². The maximum absolute atomic E-state index is 13.4. The molecule has 0 bridgehead atoms. The first-order valence-corrected chi connectivity index (χ1v) is 28.8. The van der Waals surface area contributed by atoms with Crippen LogP contribution >= 0.6 is 0 Å². The molecule has 5 aliphatic rings. The molecular weight excluding hydrogens is 1100 g/mol. The van der Waals surface area contributed by atoms with Crippen molar-refractivity contribution < 1.29 is 47.1 Å². The lowest BCUT2D eigenvalue weighted by Crippen LogP contribution is -2.50. The number of anilines is 3. The minimum Gasteiger partial charge on any atom is -0.496 e. The molecule has 9 heterocycles. The van der Waals surface area contributed by atoms with Crippen molar-refractivity contribution >= 4 is 91.6 Å². The van der Waals surface area contributed by atoms with E-state index < -0.39 is 41.0 Å². The van der Waals surface area contributed by atoms with Crippen LogP contribution in [-0.4, -0.2) is 151 Å². The van der Waals surface area contributed by atoms with Crippen molar-refractivity contribution in [2.75, 3.05) is 81.1 Å². The number of para-hydroxylation sites is 2. The number of hydrogen-bond acceptors (Lipinski definition) is 18. The first-order chi connectivity index (χ1) is 41.0. The Morgan fingerprint density at radius 3 is 1.87 bits per heavy atom. The molecule has 0 spiro atoms. The third-order valence-electron chi connectivity index (χ3n) is 16.6. The van der Waals surface area contributed by atoms with Crippen molar-refractivity contribution in [2.45, 2.75) is 95.9 Å². The predicted molar refractivity (Wildman–Crippen MR) is 311 cm³/mol. The van der Waals surface area contributed by atoms with Gasteiger partial charge in [-0.25, -0.2) is 19.4 Å². The number of imide groups is 2. The molecule has 26 nitrogen and oxygen atoms in total. The average molecular weight is 1160 g/mol. The second kappa shape index (κ2) is 23.0. The predicted octanol–water partition coefficient (Wildman–Crippen LogP) is 5.41. The van der Waals surface area contributed by atoms with Crippen LogP contribution in [0.3, 0.4) is 0 Å². The summed E-state index contributed by atoms with van der Waals surface area (Å²) in [6.45, 7) is 11.9. The van der Waals surface area contributed by atoms with Crippen molar-refractivity contribution in [3.05, 3.63) is 106 Å². The Bertz CT molecular complexity index is 4030. The fourth-order valence-electron chi connectivity index (χ4n) is 12.3. The highest BCUT2D eigenvalue weighted by molar-refractivity contribution is 6.08. The first kappa shape index (κ1) is 56.2. The third kappa shape index (κ3) is 11.4. The molecule has 5 fully saturated rings. The van der Waals surface area contributed by atoms with E-state index in [4.69, 9.17) is 23.4 Å². The quantitative estimate of drug-likeness (QED) is 0.144. The van der Waals surface area contributed by atoms with Gasteiger partial charge in [-0.05, 0) is 108 Å². The van der Waals surface area contributed by atoms with E-state index in [-0.39, 0.29) is 55.5 Å². The molecule has 3 N–H and O–H groups in total. The Morgan fingerprint density at radius 2 is 1.31 bits per heavy atom.